The number of halogens is 3. The SMILES string of the molecule is COc1c(F)cc(Cl)c(F)c1CCN. The zero-order valence-corrected chi connectivity index (χ0v) is 8.37. The van der Waals surface area contributed by atoms with Crippen LogP contribution < -0.4 is 10.5 Å². The van der Waals surface area contributed by atoms with E-state index in [-0.39, 0.29) is 29.3 Å². The quantitative estimate of drug-likeness (QED) is 0.794. The second kappa shape index (κ2) is 4.57. The van der Waals surface area contributed by atoms with Crippen molar-refractivity contribution in [3.05, 3.63) is 28.3 Å². The van der Waals surface area contributed by atoms with Gasteiger partial charge in [0.15, 0.2) is 11.6 Å². The van der Waals surface area contributed by atoms with Crippen molar-refractivity contribution in [2.75, 3.05) is 13.7 Å². The van der Waals surface area contributed by atoms with Crippen molar-refractivity contribution in [3.8, 4) is 5.75 Å². The Labute approximate surface area is 85.6 Å². The first-order valence-corrected chi connectivity index (χ1v) is 4.40. The molecule has 1 aromatic rings. The number of hydrogen-bond acceptors (Lipinski definition) is 2. The number of ether oxygens (including phenoxy) is 1. The van der Waals surface area contributed by atoms with Crippen molar-refractivity contribution in [1.82, 2.24) is 0 Å². The molecule has 0 aliphatic heterocycles. The fourth-order valence-corrected chi connectivity index (χ4v) is 1.43. The second-order valence-corrected chi connectivity index (χ2v) is 3.11. The van der Waals surface area contributed by atoms with Gasteiger partial charge in [0.05, 0.1) is 12.1 Å². The molecule has 0 unspecified atom stereocenters. The van der Waals surface area contributed by atoms with Gasteiger partial charge < -0.3 is 10.5 Å². The van der Waals surface area contributed by atoms with Crippen molar-refractivity contribution in [2.24, 2.45) is 5.73 Å². The molecule has 0 radical (unpaired) electrons. The van der Waals surface area contributed by atoms with Gasteiger partial charge in [-0.15, -0.1) is 0 Å². The summed E-state index contributed by atoms with van der Waals surface area (Å²) in [5, 5.41) is -0.258. The molecule has 0 saturated carbocycles. The predicted molar refractivity (Wildman–Crippen MR) is 50.7 cm³/mol. The highest BCUT2D eigenvalue weighted by Gasteiger charge is 2.17. The molecule has 0 amide bonds. The standard InChI is InChI=1S/C9H10ClF2NO/c1-14-9-5(2-3-13)8(12)6(10)4-7(9)11/h4H,2-3,13H2,1H3. The van der Waals surface area contributed by atoms with Gasteiger partial charge in [-0.3, -0.25) is 0 Å². The van der Waals surface area contributed by atoms with Crippen LogP contribution in [0.1, 0.15) is 5.56 Å². The molecule has 14 heavy (non-hydrogen) atoms. The van der Waals surface area contributed by atoms with Crippen LogP contribution in [0.3, 0.4) is 0 Å². The highest BCUT2D eigenvalue weighted by molar-refractivity contribution is 6.30. The van der Waals surface area contributed by atoms with Gasteiger partial charge in [0.25, 0.3) is 0 Å². The van der Waals surface area contributed by atoms with Gasteiger partial charge in [0, 0.05) is 5.56 Å². The smallest absolute Gasteiger partial charge is 0.167 e. The maximum Gasteiger partial charge on any atom is 0.167 e. The summed E-state index contributed by atoms with van der Waals surface area (Å²) in [6.45, 7) is 0.201. The van der Waals surface area contributed by atoms with Crippen molar-refractivity contribution in [1.29, 1.82) is 0 Å². The van der Waals surface area contributed by atoms with Crippen LogP contribution in [0.2, 0.25) is 5.02 Å². The van der Waals surface area contributed by atoms with E-state index in [1.54, 1.807) is 0 Å². The van der Waals surface area contributed by atoms with Gasteiger partial charge >= 0.3 is 0 Å². The van der Waals surface area contributed by atoms with E-state index in [0.717, 1.165) is 6.07 Å². The summed E-state index contributed by atoms with van der Waals surface area (Å²) >= 11 is 5.47. The van der Waals surface area contributed by atoms with E-state index in [9.17, 15) is 8.78 Å². The Kier molecular flexibility index (Phi) is 3.66. The molecule has 2 N–H and O–H groups in total. The molecular weight excluding hydrogens is 212 g/mol. The average molecular weight is 222 g/mol. The lowest BCUT2D eigenvalue weighted by Gasteiger charge is -2.10. The third-order valence-corrected chi connectivity index (χ3v) is 2.09. The number of nitrogens with two attached hydrogens (primary N) is 1. The Hall–Kier alpha value is -0.870. The van der Waals surface area contributed by atoms with E-state index in [0.29, 0.717) is 0 Å². The topological polar surface area (TPSA) is 35.2 Å². The van der Waals surface area contributed by atoms with Gasteiger partial charge in [-0.1, -0.05) is 11.6 Å². The van der Waals surface area contributed by atoms with Crippen molar-refractivity contribution in [3.63, 3.8) is 0 Å². The summed E-state index contributed by atoms with van der Waals surface area (Å²) in [5.41, 5.74) is 5.35. The molecule has 0 saturated heterocycles. The van der Waals surface area contributed by atoms with Gasteiger partial charge in [-0.25, -0.2) is 8.78 Å². The molecule has 0 aliphatic carbocycles. The normalized spacial score (nSPS) is 10.4. The van der Waals surface area contributed by atoms with Crippen LogP contribution in [0.25, 0.3) is 0 Å². The van der Waals surface area contributed by atoms with Gasteiger partial charge in [0.2, 0.25) is 0 Å². The van der Waals surface area contributed by atoms with E-state index in [4.69, 9.17) is 22.1 Å². The molecular formula is C9H10ClF2NO. The number of benzene rings is 1. The zero-order chi connectivity index (χ0) is 10.7. The largest absolute Gasteiger partial charge is 0.493 e. The minimum Gasteiger partial charge on any atom is -0.493 e. The lowest BCUT2D eigenvalue weighted by molar-refractivity contribution is 0.376. The predicted octanol–water partition coefficient (Wildman–Crippen LogP) is 2.13. The summed E-state index contributed by atoms with van der Waals surface area (Å²) in [6.07, 6.45) is 0.187. The molecule has 5 heteroatoms. The molecule has 0 aliphatic rings. The third kappa shape index (κ3) is 1.96. The molecule has 0 aromatic heterocycles. The van der Waals surface area contributed by atoms with E-state index >= 15 is 0 Å². The number of hydrogen-bond donors (Lipinski definition) is 1. The van der Waals surface area contributed by atoms with Crippen LogP contribution in [0, 0.1) is 11.6 Å². The number of methoxy groups -OCH3 is 1. The maximum absolute atomic E-state index is 13.4. The summed E-state index contributed by atoms with van der Waals surface area (Å²) in [4.78, 5) is 0. The molecule has 78 valence electrons. The zero-order valence-electron chi connectivity index (χ0n) is 7.61. The van der Waals surface area contributed by atoms with Crippen LogP contribution in [0.15, 0.2) is 6.07 Å². The summed E-state index contributed by atoms with van der Waals surface area (Å²) in [5.74, 6) is -1.48. The fraction of sp³-hybridized carbons (Fsp3) is 0.333. The van der Waals surface area contributed by atoms with Crippen molar-refractivity contribution >= 4 is 11.6 Å². The van der Waals surface area contributed by atoms with Crippen LogP contribution in [-0.4, -0.2) is 13.7 Å². The minimum absolute atomic E-state index is 0.0833. The van der Waals surface area contributed by atoms with Crippen LogP contribution in [0.5, 0.6) is 5.75 Å². The van der Waals surface area contributed by atoms with Crippen molar-refractivity contribution in [2.45, 2.75) is 6.42 Å². The monoisotopic (exact) mass is 221 g/mol. The summed E-state index contributed by atoms with van der Waals surface area (Å²) in [7, 11) is 1.27. The molecule has 2 nitrogen and oxygen atoms in total. The molecule has 0 fully saturated rings. The van der Waals surface area contributed by atoms with Crippen LogP contribution in [-0.2, 0) is 6.42 Å². The Morgan fingerprint density at radius 3 is 2.64 bits per heavy atom. The summed E-state index contributed by atoms with van der Waals surface area (Å²) in [6, 6.07) is 0.885. The van der Waals surface area contributed by atoms with Gasteiger partial charge in [0.1, 0.15) is 5.82 Å². The lowest BCUT2D eigenvalue weighted by atomic mass is 10.1. The first-order chi connectivity index (χ1) is 6.61. The Morgan fingerprint density at radius 2 is 2.14 bits per heavy atom. The Balaban J connectivity index is 3.32. The number of rotatable bonds is 3. The molecule has 0 atom stereocenters. The summed E-state index contributed by atoms with van der Waals surface area (Å²) < 4.78 is 31.3. The second-order valence-electron chi connectivity index (χ2n) is 2.70. The average Bonchev–Trinajstić information content (AvgIpc) is 2.14. The van der Waals surface area contributed by atoms with Gasteiger partial charge in [-0.05, 0) is 19.0 Å². The molecule has 0 spiro atoms. The first kappa shape index (κ1) is 11.2. The van der Waals surface area contributed by atoms with Crippen molar-refractivity contribution < 1.29 is 13.5 Å². The van der Waals surface area contributed by atoms with Gasteiger partial charge in [-0.2, -0.15) is 0 Å². The Morgan fingerprint density at radius 1 is 1.50 bits per heavy atom. The fourth-order valence-electron chi connectivity index (χ4n) is 1.22. The van der Waals surface area contributed by atoms with E-state index in [1.165, 1.54) is 7.11 Å². The highest BCUT2D eigenvalue weighted by Crippen LogP contribution is 2.30. The minimum atomic E-state index is -0.678. The third-order valence-electron chi connectivity index (χ3n) is 1.82. The molecule has 1 aromatic carbocycles. The molecule has 1 rings (SSSR count). The van der Waals surface area contributed by atoms with E-state index < -0.39 is 11.6 Å². The molecule has 0 heterocycles. The molecule has 0 bridgehead atoms. The van der Waals surface area contributed by atoms with E-state index in [2.05, 4.69) is 0 Å². The van der Waals surface area contributed by atoms with E-state index in [1.807, 2.05) is 0 Å². The van der Waals surface area contributed by atoms with Crippen LogP contribution in [0.4, 0.5) is 8.78 Å². The van der Waals surface area contributed by atoms with Crippen LogP contribution >= 0.6 is 11.6 Å². The maximum atomic E-state index is 13.4. The highest BCUT2D eigenvalue weighted by atomic mass is 35.5. The lowest BCUT2D eigenvalue weighted by Crippen LogP contribution is -2.08. The first-order valence-electron chi connectivity index (χ1n) is 4.02. The Bertz CT molecular complexity index is 344.